The van der Waals surface area contributed by atoms with Crippen LogP contribution in [0.2, 0.25) is 0 Å². The summed E-state index contributed by atoms with van der Waals surface area (Å²) in [6.07, 6.45) is 0.718. The number of piperidine rings is 1. The molecule has 0 radical (unpaired) electrons. The molecule has 0 bridgehead atoms. The summed E-state index contributed by atoms with van der Waals surface area (Å²) in [6.45, 7) is 1.24. The van der Waals surface area contributed by atoms with E-state index in [2.05, 4.69) is 0 Å². The second-order valence-corrected chi connectivity index (χ2v) is 9.61. The first-order valence-corrected chi connectivity index (χ1v) is 11.0. The molecule has 1 aromatic carbocycles. The predicted molar refractivity (Wildman–Crippen MR) is 98.4 cm³/mol. The van der Waals surface area contributed by atoms with Crippen LogP contribution in [-0.2, 0) is 14.8 Å². The maximum Gasteiger partial charge on any atom is 0.256 e. The van der Waals surface area contributed by atoms with E-state index in [1.165, 1.54) is 33.8 Å². The molecule has 1 spiro atoms. The Morgan fingerprint density at radius 1 is 1.11 bits per heavy atom. The Balaban J connectivity index is 1.52. The third-order valence-electron chi connectivity index (χ3n) is 5.10. The van der Waals surface area contributed by atoms with Crippen LogP contribution < -0.4 is 0 Å². The summed E-state index contributed by atoms with van der Waals surface area (Å²) in [6, 6.07) is 9.17. The van der Waals surface area contributed by atoms with Crippen LogP contribution in [0.15, 0.2) is 46.0 Å². The van der Waals surface area contributed by atoms with Crippen molar-refractivity contribution in [3.63, 3.8) is 0 Å². The van der Waals surface area contributed by atoms with E-state index in [-0.39, 0.29) is 15.7 Å². The summed E-state index contributed by atoms with van der Waals surface area (Å²) in [5.74, 6) is -0.935. The summed E-state index contributed by atoms with van der Waals surface area (Å²) in [5, 5.41) is 1.73. The summed E-state index contributed by atoms with van der Waals surface area (Å²) in [5.41, 5.74) is -0.904. The van der Waals surface area contributed by atoms with E-state index in [0.717, 1.165) is 0 Å². The fourth-order valence-electron chi connectivity index (χ4n) is 3.71. The number of benzene rings is 1. The number of carbonyl (C=O) groups is 1. The number of hydrogen-bond donors (Lipinski definition) is 0. The Morgan fingerprint density at radius 2 is 1.85 bits per heavy atom. The number of thiophene rings is 1. The molecule has 0 saturated carbocycles. The Morgan fingerprint density at radius 3 is 2.52 bits per heavy atom. The molecule has 2 aliphatic rings. The Bertz CT molecular complexity index is 938. The number of amides is 1. The average Bonchev–Trinajstić information content (AvgIpc) is 3.33. The highest BCUT2D eigenvalue weighted by molar-refractivity contribution is 7.91. The van der Waals surface area contributed by atoms with E-state index < -0.39 is 21.6 Å². The molecule has 0 atom stereocenters. The van der Waals surface area contributed by atoms with Gasteiger partial charge in [-0.25, -0.2) is 12.8 Å². The van der Waals surface area contributed by atoms with Gasteiger partial charge >= 0.3 is 0 Å². The predicted octanol–water partition coefficient (Wildman–Crippen LogP) is 2.54. The van der Waals surface area contributed by atoms with E-state index in [1.54, 1.807) is 28.5 Å². The largest absolute Gasteiger partial charge is 0.358 e. The summed E-state index contributed by atoms with van der Waals surface area (Å²) < 4.78 is 47.5. The van der Waals surface area contributed by atoms with Gasteiger partial charge in [0.15, 0.2) is 0 Å². The summed E-state index contributed by atoms with van der Waals surface area (Å²) in [4.78, 5) is 14.2. The van der Waals surface area contributed by atoms with Gasteiger partial charge in [0.25, 0.3) is 15.9 Å². The lowest BCUT2D eigenvalue weighted by molar-refractivity contribution is -0.0856. The monoisotopic (exact) mass is 410 g/mol. The van der Waals surface area contributed by atoms with Crippen molar-refractivity contribution in [2.45, 2.75) is 22.8 Å². The summed E-state index contributed by atoms with van der Waals surface area (Å²) >= 11 is 1.18. The van der Waals surface area contributed by atoms with Crippen molar-refractivity contribution in [1.82, 2.24) is 9.21 Å². The normalized spacial score (nSPS) is 20.3. The minimum absolute atomic E-state index is 0.0313. The minimum atomic E-state index is -3.64. The van der Waals surface area contributed by atoms with Gasteiger partial charge in [0, 0.05) is 32.5 Å². The molecular formula is C18H19FN2O4S2. The lowest BCUT2D eigenvalue weighted by Gasteiger charge is -2.42. The number of rotatable bonds is 3. The zero-order chi connectivity index (χ0) is 19.1. The van der Waals surface area contributed by atoms with Crippen LogP contribution in [0, 0.1) is 5.82 Å². The van der Waals surface area contributed by atoms with E-state index in [4.69, 9.17) is 4.74 Å². The number of halogens is 1. The van der Waals surface area contributed by atoms with Crippen LogP contribution in [-0.4, -0.2) is 55.5 Å². The number of sulfonamides is 1. The fourth-order valence-corrected chi connectivity index (χ4v) is 6.54. The molecule has 2 aromatic rings. The second-order valence-electron chi connectivity index (χ2n) is 6.58. The van der Waals surface area contributed by atoms with E-state index >= 15 is 0 Å². The van der Waals surface area contributed by atoms with Gasteiger partial charge < -0.3 is 9.64 Å². The van der Waals surface area contributed by atoms with Crippen LogP contribution >= 0.6 is 11.3 Å². The lowest BCUT2D eigenvalue weighted by atomic mass is 10.00. The van der Waals surface area contributed by atoms with Crippen molar-refractivity contribution in [3.8, 4) is 0 Å². The molecule has 1 amide bonds. The van der Waals surface area contributed by atoms with Crippen molar-refractivity contribution in [3.05, 3.63) is 53.2 Å². The second kappa shape index (κ2) is 6.97. The number of ether oxygens (including phenoxy) is 1. The highest BCUT2D eigenvalue weighted by Gasteiger charge is 2.51. The van der Waals surface area contributed by atoms with Crippen molar-refractivity contribution in [1.29, 1.82) is 0 Å². The zero-order valence-corrected chi connectivity index (χ0v) is 16.1. The third kappa shape index (κ3) is 3.18. The number of carbonyl (C=O) groups excluding carboxylic acids is 1. The minimum Gasteiger partial charge on any atom is -0.358 e. The van der Waals surface area contributed by atoms with Gasteiger partial charge in [-0.2, -0.15) is 4.31 Å². The standard InChI is InChI=1S/C18H19FN2O4S2/c19-15-5-2-1-4-14(15)17(22)20-9-7-18(8-10-20)21(11-12-25-18)27(23,24)16-6-3-13-26-16/h1-6,13H,7-12H2. The molecule has 6 nitrogen and oxygen atoms in total. The zero-order valence-electron chi connectivity index (χ0n) is 14.5. The smallest absolute Gasteiger partial charge is 0.256 e. The maximum absolute atomic E-state index is 13.9. The molecular weight excluding hydrogens is 391 g/mol. The van der Waals surface area contributed by atoms with Gasteiger partial charge in [0.2, 0.25) is 0 Å². The molecule has 0 N–H and O–H groups in total. The quantitative estimate of drug-likeness (QED) is 0.780. The van der Waals surface area contributed by atoms with Crippen molar-refractivity contribution >= 4 is 27.3 Å². The maximum atomic E-state index is 13.9. The van der Waals surface area contributed by atoms with Crippen molar-refractivity contribution in [2.24, 2.45) is 0 Å². The SMILES string of the molecule is O=C(c1ccccc1F)N1CCC2(CC1)OCCN2S(=O)(=O)c1cccs1. The van der Waals surface area contributed by atoms with Crippen molar-refractivity contribution in [2.75, 3.05) is 26.2 Å². The van der Waals surface area contributed by atoms with E-state index in [1.807, 2.05) is 0 Å². The van der Waals surface area contributed by atoms with Gasteiger partial charge in [-0.15, -0.1) is 11.3 Å². The summed E-state index contributed by atoms with van der Waals surface area (Å²) in [7, 11) is -3.64. The number of nitrogens with zero attached hydrogens (tertiary/aromatic N) is 2. The molecule has 2 saturated heterocycles. The lowest BCUT2D eigenvalue weighted by Crippen LogP contribution is -2.55. The molecule has 27 heavy (non-hydrogen) atoms. The first-order valence-electron chi connectivity index (χ1n) is 8.68. The van der Waals surface area contributed by atoms with Crippen LogP contribution in [0.1, 0.15) is 23.2 Å². The molecule has 2 aliphatic heterocycles. The number of likely N-dealkylation sites (tertiary alicyclic amines) is 1. The Kier molecular flexibility index (Phi) is 4.79. The van der Waals surface area contributed by atoms with Crippen molar-refractivity contribution < 1.29 is 22.3 Å². The van der Waals surface area contributed by atoms with Gasteiger partial charge in [0.1, 0.15) is 15.8 Å². The first-order chi connectivity index (χ1) is 12.9. The molecule has 2 fully saturated rings. The van der Waals surface area contributed by atoms with Gasteiger partial charge in [-0.1, -0.05) is 18.2 Å². The third-order valence-corrected chi connectivity index (χ3v) is 8.42. The Labute approximate surface area is 161 Å². The van der Waals surface area contributed by atoms with E-state index in [0.29, 0.717) is 39.1 Å². The topological polar surface area (TPSA) is 66.9 Å². The molecule has 3 heterocycles. The Hall–Kier alpha value is -1.81. The molecule has 0 aliphatic carbocycles. The fraction of sp³-hybridized carbons (Fsp3) is 0.389. The highest BCUT2D eigenvalue weighted by atomic mass is 32.2. The van der Waals surface area contributed by atoms with Crippen LogP contribution in [0.4, 0.5) is 4.39 Å². The molecule has 4 rings (SSSR count). The molecule has 144 valence electrons. The molecule has 0 unspecified atom stereocenters. The van der Waals surface area contributed by atoms with Crippen LogP contribution in [0.3, 0.4) is 0 Å². The molecule has 1 aromatic heterocycles. The van der Waals surface area contributed by atoms with Gasteiger partial charge in [-0.3, -0.25) is 4.79 Å². The van der Waals surface area contributed by atoms with Gasteiger partial charge in [0.05, 0.1) is 12.2 Å². The van der Waals surface area contributed by atoms with Gasteiger partial charge in [-0.05, 0) is 23.6 Å². The number of hydrogen-bond acceptors (Lipinski definition) is 5. The van der Waals surface area contributed by atoms with Crippen LogP contribution in [0.5, 0.6) is 0 Å². The van der Waals surface area contributed by atoms with E-state index in [9.17, 15) is 17.6 Å². The first kappa shape index (κ1) is 18.5. The highest BCUT2D eigenvalue weighted by Crippen LogP contribution is 2.39. The molecule has 9 heteroatoms. The van der Waals surface area contributed by atoms with Crippen LogP contribution in [0.25, 0.3) is 0 Å². The average molecular weight is 410 g/mol.